The summed E-state index contributed by atoms with van der Waals surface area (Å²) in [5, 5.41) is 5.90. The van der Waals surface area contributed by atoms with Crippen molar-refractivity contribution in [3.05, 3.63) is 54.1 Å². The van der Waals surface area contributed by atoms with E-state index in [4.69, 9.17) is 9.47 Å². The number of amides is 3. The number of ether oxygens (including phenoxy) is 2. The van der Waals surface area contributed by atoms with Crippen molar-refractivity contribution in [1.29, 1.82) is 0 Å². The fourth-order valence-corrected chi connectivity index (χ4v) is 3.36. The van der Waals surface area contributed by atoms with Gasteiger partial charge in [0, 0.05) is 25.2 Å². The lowest BCUT2D eigenvalue weighted by atomic mass is 9.97. The Hall–Kier alpha value is -3.22. The van der Waals surface area contributed by atoms with Gasteiger partial charge in [-0.05, 0) is 55.2 Å². The van der Waals surface area contributed by atoms with Gasteiger partial charge in [-0.25, -0.2) is 4.79 Å². The molecular formula is C22H27N3O4. The highest BCUT2D eigenvalue weighted by Crippen LogP contribution is 2.24. The third kappa shape index (κ3) is 5.40. The smallest absolute Gasteiger partial charge is 0.321 e. The van der Waals surface area contributed by atoms with Crippen LogP contribution in [0.5, 0.6) is 11.5 Å². The Bertz CT molecular complexity index is 830. The van der Waals surface area contributed by atoms with Crippen LogP contribution < -0.4 is 20.1 Å². The molecule has 1 aliphatic heterocycles. The zero-order valence-corrected chi connectivity index (χ0v) is 16.8. The van der Waals surface area contributed by atoms with Crippen LogP contribution in [0.15, 0.2) is 48.5 Å². The second-order valence-corrected chi connectivity index (χ2v) is 7.00. The van der Waals surface area contributed by atoms with E-state index in [1.54, 1.807) is 43.4 Å². The number of piperidine rings is 1. The molecule has 0 unspecified atom stereocenters. The minimum absolute atomic E-state index is 0.0935. The molecule has 154 valence electrons. The molecule has 2 aromatic rings. The van der Waals surface area contributed by atoms with E-state index >= 15 is 0 Å². The molecule has 0 aliphatic carbocycles. The van der Waals surface area contributed by atoms with Crippen LogP contribution >= 0.6 is 0 Å². The third-order valence-electron chi connectivity index (χ3n) is 5.15. The van der Waals surface area contributed by atoms with E-state index < -0.39 is 0 Å². The Kier molecular flexibility index (Phi) is 6.94. The van der Waals surface area contributed by atoms with Gasteiger partial charge in [0.25, 0.3) is 5.91 Å². The summed E-state index contributed by atoms with van der Waals surface area (Å²) in [5.41, 5.74) is 1.27. The number of hydrogen-bond acceptors (Lipinski definition) is 4. The summed E-state index contributed by atoms with van der Waals surface area (Å²) in [5.74, 6) is 1.62. The molecule has 0 atom stereocenters. The highest BCUT2D eigenvalue weighted by Gasteiger charge is 2.23. The number of anilines is 1. The van der Waals surface area contributed by atoms with E-state index in [1.165, 1.54) is 0 Å². The lowest BCUT2D eigenvalue weighted by molar-refractivity contribution is 0.0938. The minimum atomic E-state index is -0.129. The molecule has 2 N–H and O–H groups in total. The second kappa shape index (κ2) is 9.82. The fourth-order valence-electron chi connectivity index (χ4n) is 3.36. The zero-order chi connectivity index (χ0) is 20.6. The summed E-state index contributed by atoms with van der Waals surface area (Å²) in [6.45, 7) is 1.92. The zero-order valence-electron chi connectivity index (χ0n) is 16.8. The number of hydrogen-bond donors (Lipinski definition) is 2. The lowest BCUT2D eigenvalue weighted by Gasteiger charge is -2.32. The molecule has 1 saturated heterocycles. The molecule has 0 radical (unpaired) electrons. The van der Waals surface area contributed by atoms with E-state index in [-0.39, 0.29) is 11.9 Å². The van der Waals surface area contributed by atoms with Crippen molar-refractivity contribution < 1.29 is 19.1 Å². The summed E-state index contributed by atoms with van der Waals surface area (Å²) in [7, 11) is 3.18. The summed E-state index contributed by atoms with van der Waals surface area (Å²) >= 11 is 0. The first-order valence-electron chi connectivity index (χ1n) is 9.72. The Balaban J connectivity index is 1.44. The van der Waals surface area contributed by atoms with Crippen molar-refractivity contribution in [3.63, 3.8) is 0 Å². The van der Waals surface area contributed by atoms with Crippen LogP contribution in [-0.2, 0) is 0 Å². The van der Waals surface area contributed by atoms with Crippen molar-refractivity contribution in [2.75, 3.05) is 39.2 Å². The van der Waals surface area contributed by atoms with Crippen molar-refractivity contribution in [2.24, 2.45) is 5.92 Å². The van der Waals surface area contributed by atoms with Crippen LogP contribution in [0.3, 0.4) is 0 Å². The molecule has 0 bridgehead atoms. The van der Waals surface area contributed by atoms with Crippen LogP contribution in [0.25, 0.3) is 0 Å². The summed E-state index contributed by atoms with van der Waals surface area (Å²) in [6.07, 6.45) is 1.70. The van der Waals surface area contributed by atoms with Crippen molar-refractivity contribution in [3.8, 4) is 11.5 Å². The Morgan fingerprint density at radius 2 is 1.69 bits per heavy atom. The maximum absolute atomic E-state index is 12.5. The average molecular weight is 397 g/mol. The van der Waals surface area contributed by atoms with Gasteiger partial charge in [0.1, 0.15) is 11.5 Å². The largest absolute Gasteiger partial charge is 0.497 e. The maximum atomic E-state index is 12.5. The van der Waals surface area contributed by atoms with Gasteiger partial charge in [0.15, 0.2) is 0 Å². The number of nitrogens with zero attached hydrogens (tertiary/aromatic N) is 1. The molecule has 29 heavy (non-hydrogen) atoms. The quantitative estimate of drug-likeness (QED) is 0.783. The van der Waals surface area contributed by atoms with Crippen molar-refractivity contribution in [1.82, 2.24) is 10.2 Å². The van der Waals surface area contributed by atoms with Crippen molar-refractivity contribution in [2.45, 2.75) is 12.8 Å². The SMILES string of the molecule is COc1ccc(C(=O)NCC2CCN(C(=O)Nc3ccccc3OC)CC2)cc1. The monoisotopic (exact) mass is 397 g/mol. The first-order valence-corrected chi connectivity index (χ1v) is 9.72. The summed E-state index contributed by atoms with van der Waals surface area (Å²) in [6, 6.07) is 14.3. The van der Waals surface area contributed by atoms with Crippen LogP contribution in [0.2, 0.25) is 0 Å². The number of carbonyl (C=O) groups is 2. The summed E-state index contributed by atoms with van der Waals surface area (Å²) < 4.78 is 10.4. The van der Waals surface area contributed by atoms with E-state index in [0.29, 0.717) is 42.6 Å². The lowest BCUT2D eigenvalue weighted by Crippen LogP contribution is -2.43. The maximum Gasteiger partial charge on any atom is 0.321 e. The molecule has 2 aromatic carbocycles. The fraction of sp³-hybridized carbons (Fsp3) is 0.364. The second-order valence-electron chi connectivity index (χ2n) is 7.00. The molecule has 3 amide bonds. The number of benzene rings is 2. The van der Waals surface area contributed by atoms with Gasteiger partial charge in [-0.15, -0.1) is 0 Å². The Morgan fingerprint density at radius 3 is 2.34 bits per heavy atom. The normalized spacial score (nSPS) is 14.2. The van der Waals surface area contributed by atoms with Gasteiger partial charge >= 0.3 is 6.03 Å². The van der Waals surface area contributed by atoms with E-state index in [9.17, 15) is 9.59 Å². The average Bonchev–Trinajstić information content (AvgIpc) is 2.78. The molecule has 0 saturated carbocycles. The molecule has 1 aliphatic rings. The van der Waals surface area contributed by atoms with Gasteiger partial charge in [-0.3, -0.25) is 4.79 Å². The Morgan fingerprint density at radius 1 is 1.00 bits per heavy atom. The van der Waals surface area contributed by atoms with Crippen LogP contribution in [-0.4, -0.2) is 50.7 Å². The first kappa shape index (κ1) is 20.5. The van der Waals surface area contributed by atoms with Gasteiger partial charge in [0.05, 0.1) is 19.9 Å². The predicted molar refractivity (Wildman–Crippen MR) is 112 cm³/mol. The van der Waals surface area contributed by atoms with Crippen LogP contribution in [0, 0.1) is 5.92 Å². The first-order chi connectivity index (χ1) is 14.1. The Labute approximate surface area is 171 Å². The van der Waals surface area contributed by atoms with Gasteiger partial charge < -0.3 is 25.0 Å². The number of likely N-dealkylation sites (tertiary alicyclic amines) is 1. The molecule has 3 rings (SSSR count). The third-order valence-corrected chi connectivity index (χ3v) is 5.15. The molecule has 7 heteroatoms. The number of para-hydroxylation sites is 2. The molecule has 0 spiro atoms. The molecule has 1 heterocycles. The van der Waals surface area contributed by atoms with E-state index in [1.807, 2.05) is 24.3 Å². The molecular weight excluding hydrogens is 370 g/mol. The van der Waals surface area contributed by atoms with Crippen molar-refractivity contribution >= 4 is 17.6 Å². The standard InChI is InChI=1S/C22H27N3O4/c1-28-18-9-7-17(8-10-18)21(26)23-15-16-11-13-25(14-12-16)22(27)24-19-5-3-4-6-20(19)29-2/h3-10,16H,11-15H2,1-2H3,(H,23,26)(H,24,27). The molecule has 7 nitrogen and oxygen atoms in total. The topological polar surface area (TPSA) is 79.9 Å². The predicted octanol–water partition coefficient (Wildman–Crippen LogP) is 3.38. The van der Waals surface area contributed by atoms with Gasteiger partial charge in [-0.1, -0.05) is 12.1 Å². The van der Waals surface area contributed by atoms with Gasteiger partial charge in [0.2, 0.25) is 0 Å². The van der Waals surface area contributed by atoms with Crippen LogP contribution in [0.1, 0.15) is 23.2 Å². The van der Waals surface area contributed by atoms with E-state index in [0.717, 1.165) is 18.6 Å². The number of methoxy groups -OCH3 is 2. The number of nitrogens with one attached hydrogen (secondary N) is 2. The molecule has 0 aromatic heterocycles. The highest BCUT2D eigenvalue weighted by atomic mass is 16.5. The number of rotatable bonds is 6. The van der Waals surface area contributed by atoms with E-state index in [2.05, 4.69) is 10.6 Å². The number of carbonyl (C=O) groups excluding carboxylic acids is 2. The molecule has 1 fully saturated rings. The highest BCUT2D eigenvalue weighted by molar-refractivity contribution is 5.94. The number of urea groups is 1. The van der Waals surface area contributed by atoms with Crippen LogP contribution in [0.4, 0.5) is 10.5 Å². The minimum Gasteiger partial charge on any atom is -0.497 e. The summed E-state index contributed by atoms with van der Waals surface area (Å²) in [4.78, 5) is 26.6. The van der Waals surface area contributed by atoms with Gasteiger partial charge in [-0.2, -0.15) is 0 Å².